The summed E-state index contributed by atoms with van der Waals surface area (Å²) in [6.45, 7) is 6.17. The van der Waals surface area contributed by atoms with Crippen molar-refractivity contribution in [1.82, 2.24) is 20.4 Å². The molecule has 7 heteroatoms. The number of aliphatic carboxylic acids is 1. The standard InChI is InChI=1S/C12H20N4O3/c1-8-6-14-16(7-8)5-4-13-12(19)15-10(3)9(2)11(17)18/h6-7,9-10H,4-5H2,1-3H3,(H,17,18)(H2,13,15,19). The average molecular weight is 268 g/mol. The smallest absolute Gasteiger partial charge is 0.315 e. The van der Waals surface area contributed by atoms with Crippen LogP contribution in [0.2, 0.25) is 0 Å². The van der Waals surface area contributed by atoms with Gasteiger partial charge in [0.25, 0.3) is 0 Å². The Hall–Kier alpha value is -2.05. The van der Waals surface area contributed by atoms with E-state index in [-0.39, 0.29) is 6.03 Å². The highest BCUT2D eigenvalue weighted by molar-refractivity contribution is 5.76. The molecule has 2 amide bonds. The Morgan fingerprint density at radius 1 is 1.47 bits per heavy atom. The fourth-order valence-corrected chi connectivity index (χ4v) is 1.47. The van der Waals surface area contributed by atoms with E-state index in [4.69, 9.17) is 5.11 Å². The van der Waals surface area contributed by atoms with Crippen LogP contribution in [0.25, 0.3) is 0 Å². The van der Waals surface area contributed by atoms with E-state index in [1.165, 1.54) is 0 Å². The van der Waals surface area contributed by atoms with Gasteiger partial charge in [-0.05, 0) is 26.3 Å². The lowest BCUT2D eigenvalue weighted by Gasteiger charge is -2.18. The SMILES string of the molecule is Cc1cnn(CCNC(=O)NC(C)C(C)C(=O)O)c1. The zero-order chi connectivity index (χ0) is 14.4. The quantitative estimate of drug-likeness (QED) is 0.704. The van der Waals surface area contributed by atoms with Gasteiger partial charge in [0.05, 0.1) is 18.7 Å². The number of nitrogens with one attached hydrogen (secondary N) is 2. The molecule has 0 radical (unpaired) electrons. The van der Waals surface area contributed by atoms with Gasteiger partial charge in [0.1, 0.15) is 0 Å². The third-order valence-corrected chi connectivity index (χ3v) is 2.89. The van der Waals surface area contributed by atoms with Crippen molar-refractivity contribution < 1.29 is 14.7 Å². The summed E-state index contributed by atoms with van der Waals surface area (Å²) in [5.74, 6) is -1.56. The molecule has 0 fully saturated rings. The van der Waals surface area contributed by atoms with Crippen molar-refractivity contribution in [2.75, 3.05) is 6.54 Å². The first kappa shape index (κ1) is 15.0. The van der Waals surface area contributed by atoms with Crippen LogP contribution in [0.3, 0.4) is 0 Å². The summed E-state index contributed by atoms with van der Waals surface area (Å²) in [5.41, 5.74) is 1.06. The summed E-state index contributed by atoms with van der Waals surface area (Å²) in [5, 5.41) is 18.2. The van der Waals surface area contributed by atoms with E-state index in [2.05, 4.69) is 15.7 Å². The lowest BCUT2D eigenvalue weighted by molar-refractivity contribution is -0.141. The van der Waals surface area contributed by atoms with Crippen molar-refractivity contribution >= 4 is 12.0 Å². The molecular weight excluding hydrogens is 248 g/mol. The van der Waals surface area contributed by atoms with Crippen LogP contribution < -0.4 is 10.6 Å². The lowest BCUT2D eigenvalue weighted by Crippen LogP contribution is -2.45. The first-order chi connectivity index (χ1) is 8.90. The molecule has 0 saturated heterocycles. The molecule has 1 aromatic heterocycles. The van der Waals surface area contributed by atoms with E-state index in [0.29, 0.717) is 13.1 Å². The number of aromatic nitrogens is 2. The topological polar surface area (TPSA) is 96.3 Å². The maximum absolute atomic E-state index is 11.5. The number of rotatable bonds is 6. The maximum Gasteiger partial charge on any atom is 0.315 e. The Labute approximate surface area is 112 Å². The van der Waals surface area contributed by atoms with Crippen LogP contribution in [0.4, 0.5) is 4.79 Å². The highest BCUT2D eigenvalue weighted by Crippen LogP contribution is 2.01. The van der Waals surface area contributed by atoms with Crippen molar-refractivity contribution in [3.8, 4) is 0 Å². The van der Waals surface area contributed by atoms with Crippen molar-refractivity contribution in [1.29, 1.82) is 0 Å². The first-order valence-electron chi connectivity index (χ1n) is 6.16. The molecule has 0 aliphatic rings. The molecule has 106 valence electrons. The van der Waals surface area contributed by atoms with E-state index in [0.717, 1.165) is 5.56 Å². The van der Waals surface area contributed by atoms with Gasteiger partial charge in [-0.15, -0.1) is 0 Å². The zero-order valence-electron chi connectivity index (χ0n) is 11.4. The fourth-order valence-electron chi connectivity index (χ4n) is 1.47. The molecule has 0 bridgehead atoms. The third kappa shape index (κ3) is 4.99. The van der Waals surface area contributed by atoms with Gasteiger partial charge < -0.3 is 15.7 Å². The second kappa shape index (κ2) is 6.77. The van der Waals surface area contributed by atoms with E-state index in [9.17, 15) is 9.59 Å². The molecule has 19 heavy (non-hydrogen) atoms. The Balaban J connectivity index is 2.26. The Morgan fingerprint density at radius 2 is 2.16 bits per heavy atom. The number of carboxylic acid groups (broad SMARTS) is 1. The summed E-state index contributed by atoms with van der Waals surface area (Å²) in [4.78, 5) is 22.3. The van der Waals surface area contributed by atoms with Gasteiger partial charge in [0, 0.05) is 18.8 Å². The highest BCUT2D eigenvalue weighted by Gasteiger charge is 2.20. The summed E-state index contributed by atoms with van der Waals surface area (Å²) in [6, 6.07) is -0.797. The van der Waals surface area contributed by atoms with E-state index in [1.54, 1.807) is 24.7 Å². The molecule has 2 unspecified atom stereocenters. The van der Waals surface area contributed by atoms with E-state index in [1.807, 2.05) is 13.1 Å². The molecule has 0 aromatic carbocycles. The van der Waals surface area contributed by atoms with Crippen LogP contribution in [0.15, 0.2) is 12.4 Å². The van der Waals surface area contributed by atoms with Gasteiger partial charge in [-0.1, -0.05) is 0 Å². The third-order valence-electron chi connectivity index (χ3n) is 2.89. The largest absolute Gasteiger partial charge is 0.481 e. The lowest BCUT2D eigenvalue weighted by atomic mass is 10.0. The Kier molecular flexibility index (Phi) is 5.35. The fraction of sp³-hybridized carbons (Fsp3) is 0.583. The maximum atomic E-state index is 11.5. The predicted octanol–water partition coefficient (Wildman–Crippen LogP) is 0.600. The molecule has 1 heterocycles. The zero-order valence-corrected chi connectivity index (χ0v) is 11.4. The summed E-state index contributed by atoms with van der Waals surface area (Å²) in [7, 11) is 0. The molecule has 7 nitrogen and oxygen atoms in total. The van der Waals surface area contributed by atoms with Gasteiger partial charge >= 0.3 is 12.0 Å². The number of carboxylic acids is 1. The second-order valence-electron chi connectivity index (χ2n) is 4.60. The number of amides is 2. The van der Waals surface area contributed by atoms with Crippen molar-refractivity contribution in [2.24, 2.45) is 5.92 Å². The van der Waals surface area contributed by atoms with Crippen LogP contribution in [-0.2, 0) is 11.3 Å². The normalized spacial score (nSPS) is 13.6. The number of carbonyl (C=O) groups excluding carboxylic acids is 1. The number of hydrogen-bond donors (Lipinski definition) is 3. The van der Waals surface area contributed by atoms with Gasteiger partial charge in [0.2, 0.25) is 0 Å². The van der Waals surface area contributed by atoms with Crippen LogP contribution >= 0.6 is 0 Å². The number of nitrogens with zero attached hydrogens (tertiary/aromatic N) is 2. The minimum atomic E-state index is -0.931. The van der Waals surface area contributed by atoms with Crippen LogP contribution in [0, 0.1) is 12.8 Å². The Morgan fingerprint density at radius 3 is 2.68 bits per heavy atom. The van der Waals surface area contributed by atoms with E-state index >= 15 is 0 Å². The highest BCUT2D eigenvalue weighted by atomic mass is 16.4. The minimum Gasteiger partial charge on any atom is -0.481 e. The van der Waals surface area contributed by atoms with Crippen LogP contribution in [-0.4, -0.2) is 39.5 Å². The summed E-state index contributed by atoms with van der Waals surface area (Å²) in [6.07, 6.45) is 3.63. The van der Waals surface area contributed by atoms with Crippen LogP contribution in [0.5, 0.6) is 0 Å². The molecule has 1 rings (SSSR count). The van der Waals surface area contributed by atoms with Gasteiger partial charge in [-0.2, -0.15) is 5.10 Å². The number of urea groups is 1. The van der Waals surface area contributed by atoms with Gasteiger partial charge in [-0.3, -0.25) is 9.48 Å². The van der Waals surface area contributed by atoms with Crippen molar-refractivity contribution in [2.45, 2.75) is 33.4 Å². The molecule has 0 aliphatic heterocycles. The van der Waals surface area contributed by atoms with Crippen LogP contribution in [0.1, 0.15) is 19.4 Å². The van der Waals surface area contributed by atoms with Crippen molar-refractivity contribution in [3.63, 3.8) is 0 Å². The summed E-state index contributed by atoms with van der Waals surface area (Å²) < 4.78 is 1.74. The van der Waals surface area contributed by atoms with Gasteiger partial charge in [0.15, 0.2) is 0 Å². The molecule has 0 spiro atoms. The Bertz CT molecular complexity index is 444. The molecule has 1 aromatic rings. The molecule has 0 aliphatic carbocycles. The first-order valence-corrected chi connectivity index (χ1v) is 6.16. The average Bonchev–Trinajstić information content (AvgIpc) is 2.73. The number of carbonyl (C=O) groups is 2. The number of hydrogen-bond acceptors (Lipinski definition) is 3. The summed E-state index contributed by atoms with van der Waals surface area (Å²) >= 11 is 0. The molecular formula is C12H20N4O3. The molecule has 2 atom stereocenters. The van der Waals surface area contributed by atoms with Gasteiger partial charge in [-0.25, -0.2) is 4.79 Å². The predicted molar refractivity (Wildman–Crippen MR) is 69.8 cm³/mol. The number of aryl methyl sites for hydroxylation is 1. The monoisotopic (exact) mass is 268 g/mol. The molecule has 3 N–H and O–H groups in total. The van der Waals surface area contributed by atoms with E-state index < -0.39 is 17.9 Å². The van der Waals surface area contributed by atoms with Crippen molar-refractivity contribution in [3.05, 3.63) is 18.0 Å². The molecule has 0 saturated carbocycles. The minimum absolute atomic E-state index is 0.371. The second-order valence-corrected chi connectivity index (χ2v) is 4.60.